The third-order valence-corrected chi connectivity index (χ3v) is 4.49. The fraction of sp³-hybridized carbons (Fsp3) is 0.867. The number of unbranched alkanes of at least 4 members (excludes halogenated alkanes) is 2. The Morgan fingerprint density at radius 3 is 2.50 bits per heavy atom. The lowest BCUT2D eigenvalue weighted by Crippen LogP contribution is -2.46. The molecule has 2 aliphatic heterocycles. The Balaban J connectivity index is 1.89. The molecule has 2 N–H and O–H groups in total. The molecule has 5 heteroatoms. The van der Waals surface area contributed by atoms with Crippen molar-refractivity contribution in [3.05, 3.63) is 0 Å². The summed E-state index contributed by atoms with van der Waals surface area (Å²) in [6.07, 6.45) is 5.44. The average Bonchev–Trinajstić information content (AvgIpc) is 2.98. The van der Waals surface area contributed by atoms with E-state index in [4.69, 9.17) is 4.74 Å². The molecule has 0 aliphatic carbocycles. The summed E-state index contributed by atoms with van der Waals surface area (Å²) in [5.41, 5.74) is 0. The van der Waals surface area contributed by atoms with Crippen LogP contribution < -0.4 is 5.32 Å². The summed E-state index contributed by atoms with van der Waals surface area (Å²) < 4.78 is 5.62. The van der Waals surface area contributed by atoms with E-state index in [1.165, 1.54) is 0 Å². The van der Waals surface area contributed by atoms with E-state index in [0.717, 1.165) is 38.5 Å². The molecule has 0 aromatic carbocycles. The van der Waals surface area contributed by atoms with Crippen LogP contribution in [-0.2, 0) is 14.3 Å². The number of rotatable bonds is 7. The van der Waals surface area contributed by atoms with Crippen molar-refractivity contribution in [1.29, 1.82) is 0 Å². The van der Waals surface area contributed by atoms with Crippen molar-refractivity contribution in [3.8, 4) is 0 Å². The van der Waals surface area contributed by atoms with Gasteiger partial charge in [-0.1, -0.05) is 26.2 Å². The Kier molecular flexibility index (Phi) is 5.02. The number of hydrogen-bond donors (Lipinski definition) is 2. The van der Waals surface area contributed by atoms with Crippen LogP contribution in [0.2, 0.25) is 0 Å². The Labute approximate surface area is 120 Å². The van der Waals surface area contributed by atoms with Crippen molar-refractivity contribution >= 4 is 11.9 Å². The van der Waals surface area contributed by atoms with Crippen LogP contribution in [0.4, 0.5) is 0 Å². The third-order valence-electron chi connectivity index (χ3n) is 4.49. The van der Waals surface area contributed by atoms with Gasteiger partial charge in [0, 0.05) is 6.04 Å². The molecule has 2 aliphatic rings. The summed E-state index contributed by atoms with van der Waals surface area (Å²) in [5.74, 6) is -2.24. The van der Waals surface area contributed by atoms with Gasteiger partial charge in [-0.3, -0.25) is 9.59 Å². The van der Waals surface area contributed by atoms with Gasteiger partial charge in [0.1, 0.15) is 0 Å². The number of carbonyl (C=O) groups is 2. The SMILES string of the molecule is CCCCC[C@@H](C)NC(=O)[C@@H]1[C@@H](C(=O)O)[C@H]2CC[C@@H]1O2. The van der Waals surface area contributed by atoms with Crippen molar-refractivity contribution in [2.75, 3.05) is 0 Å². The molecule has 2 bridgehead atoms. The Morgan fingerprint density at radius 2 is 1.90 bits per heavy atom. The van der Waals surface area contributed by atoms with Gasteiger partial charge < -0.3 is 15.2 Å². The zero-order valence-corrected chi connectivity index (χ0v) is 12.3. The molecule has 0 saturated carbocycles. The second-order valence-corrected chi connectivity index (χ2v) is 6.09. The van der Waals surface area contributed by atoms with Crippen molar-refractivity contribution in [2.45, 2.75) is 70.6 Å². The highest BCUT2D eigenvalue weighted by molar-refractivity contribution is 5.86. The highest BCUT2D eigenvalue weighted by atomic mass is 16.5. The highest BCUT2D eigenvalue weighted by Crippen LogP contribution is 2.43. The van der Waals surface area contributed by atoms with Gasteiger partial charge in [0.25, 0.3) is 0 Å². The zero-order valence-electron chi connectivity index (χ0n) is 12.3. The van der Waals surface area contributed by atoms with Gasteiger partial charge in [-0.2, -0.15) is 0 Å². The Bertz CT molecular complexity index is 371. The molecule has 5 nitrogen and oxygen atoms in total. The topological polar surface area (TPSA) is 75.6 Å². The fourth-order valence-corrected chi connectivity index (χ4v) is 3.44. The van der Waals surface area contributed by atoms with E-state index in [1.807, 2.05) is 6.92 Å². The van der Waals surface area contributed by atoms with Crippen LogP contribution in [-0.4, -0.2) is 35.2 Å². The highest BCUT2D eigenvalue weighted by Gasteiger charge is 2.55. The van der Waals surface area contributed by atoms with Gasteiger partial charge in [0.05, 0.1) is 24.0 Å². The number of ether oxygens (including phenoxy) is 1. The van der Waals surface area contributed by atoms with Crippen LogP contribution in [0, 0.1) is 11.8 Å². The number of nitrogens with one attached hydrogen (secondary N) is 1. The van der Waals surface area contributed by atoms with E-state index < -0.39 is 17.8 Å². The number of amides is 1. The Hall–Kier alpha value is -1.10. The number of hydrogen-bond acceptors (Lipinski definition) is 3. The first-order valence-electron chi connectivity index (χ1n) is 7.73. The van der Waals surface area contributed by atoms with E-state index in [-0.39, 0.29) is 24.2 Å². The monoisotopic (exact) mass is 283 g/mol. The van der Waals surface area contributed by atoms with Crippen molar-refractivity contribution in [3.63, 3.8) is 0 Å². The van der Waals surface area contributed by atoms with Crippen LogP contribution >= 0.6 is 0 Å². The zero-order chi connectivity index (χ0) is 14.7. The van der Waals surface area contributed by atoms with Crippen LogP contribution in [0.15, 0.2) is 0 Å². The standard InChI is InChI=1S/C15H25NO4/c1-3-4-5-6-9(2)16-14(17)12-10-7-8-11(20-10)13(12)15(18)19/h9-13H,3-8H2,1-2H3,(H,16,17)(H,18,19)/t9-,10+,11-,12+,13+/m1/s1. The first-order valence-corrected chi connectivity index (χ1v) is 7.73. The van der Waals surface area contributed by atoms with Crippen molar-refractivity contribution in [1.82, 2.24) is 5.32 Å². The van der Waals surface area contributed by atoms with Gasteiger partial charge >= 0.3 is 5.97 Å². The van der Waals surface area contributed by atoms with Crippen molar-refractivity contribution < 1.29 is 19.4 Å². The quantitative estimate of drug-likeness (QED) is 0.700. The van der Waals surface area contributed by atoms with E-state index in [9.17, 15) is 14.7 Å². The van der Waals surface area contributed by atoms with Gasteiger partial charge in [0.2, 0.25) is 5.91 Å². The molecule has 20 heavy (non-hydrogen) atoms. The lowest BCUT2D eigenvalue weighted by Gasteiger charge is -2.25. The van der Waals surface area contributed by atoms with Crippen LogP contribution in [0.3, 0.4) is 0 Å². The molecule has 2 rings (SSSR count). The summed E-state index contributed by atoms with van der Waals surface area (Å²) >= 11 is 0. The molecular weight excluding hydrogens is 258 g/mol. The summed E-state index contributed by atoms with van der Waals surface area (Å²) in [6, 6.07) is 0.0996. The van der Waals surface area contributed by atoms with E-state index in [1.54, 1.807) is 0 Å². The normalized spacial score (nSPS) is 33.1. The minimum atomic E-state index is -0.906. The molecule has 2 saturated heterocycles. The molecule has 2 fully saturated rings. The number of fused-ring (bicyclic) bond motifs is 2. The van der Waals surface area contributed by atoms with E-state index in [0.29, 0.717) is 0 Å². The van der Waals surface area contributed by atoms with Crippen LogP contribution in [0.5, 0.6) is 0 Å². The predicted molar refractivity (Wildman–Crippen MR) is 74.3 cm³/mol. The second-order valence-electron chi connectivity index (χ2n) is 6.09. The molecule has 0 aromatic rings. The summed E-state index contributed by atoms with van der Waals surface area (Å²) in [4.78, 5) is 23.7. The fourth-order valence-electron chi connectivity index (χ4n) is 3.44. The molecule has 0 radical (unpaired) electrons. The minimum Gasteiger partial charge on any atom is -0.481 e. The van der Waals surface area contributed by atoms with Gasteiger partial charge in [0.15, 0.2) is 0 Å². The first kappa shape index (κ1) is 15.3. The van der Waals surface area contributed by atoms with E-state index in [2.05, 4.69) is 12.2 Å². The number of aliphatic carboxylic acids is 1. The summed E-state index contributed by atoms with van der Waals surface area (Å²) in [5, 5.41) is 12.3. The lowest BCUT2D eigenvalue weighted by molar-refractivity contribution is -0.148. The summed E-state index contributed by atoms with van der Waals surface area (Å²) in [6.45, 7) is 4.13. The van der Waals surface area contributed by atoms with Gasteiger partial charge in [-0.15, -0.1) is 0 Å². The number of carboxylic acid groups (broad SMARTS) is 1. The molecule has 1 amide bonds. The maximum absolute atomic E-state index is 12.3. The van der Waals surface area contributed by atoms with E-state index >= 15 is 0 Å². The smallest absolute Gasteiger partial charge is 0.310 e. The molecular formula is C15H25NO4. The predicted octanol–water partition coefficient (Wildman–Crippen LogP) is 1.95. The van der Waals surface area contributed by atoms with Crippen molar-refractivity contribution in [2.24, 2.45) is 11.8 Å². The van der Waals surface area contributed by atoms with Crippen LogP contribution in [0.25, 0.3) is 0 Å². The molecule has 0 aromatic heterocycles. The first-order chi connectivity index (χ1) is 9.54. The third kappa shape index (κ3) is 3.14. The average molecular weight is 283 g/mol. The second kappa shape index (κ2) is 6.57. The van der Waals surface area contributed by atoms with Gasteiger partial charge in [-0.05, 0) is 26.2 Å². The minimum absolute atomic E-state index is 0.0996. The van der Waals surface area contributed by atoms with Gasteiger partial charge in [-0.25, -0.2) is 0 Å². The summed E-state index contributed by atoms with van der Waals surface area (Å²) in [7, 11) is 0. The largest absolute Gasteiger partial charge is 0.481 e. The molecule has 2 heterocycles. The lowest BCUT2D eigenvalue weighted by atomic mass is 9.78. The number of carboxylic acids is 1. The molecule has 0 unspecified atom stereocenters. The van der Waals surface area contributed by atoms with Crippen LogP contribution in [0.1, 0.15) is 52.4 Å². The Morgan fingerprint density at radius 1 is 1.25 bits per heavy atom. The maximum Gasteiger partial charge on any atom is 0.310 e. The molecule has 0 spiro atoms. The molecule has 5 atom stereocenters. The number of carbonyl (C=O) groups excluding carboxylic acids is 1. The molecule has 114 valence electrons. The maximum atomic E-state index is 12.3.